The third-order valence-electron chi connectivity index (χ3n) is 3.86. The van der Waals surface area contributed by atoms with Gasteiger partial charge in [-0.25, -0.2) is 9.18 Å². The van der Waals surface area contributed by atoms with Gasteiger partial charge in [-0.05, 0) is 41.5 Å². The first-order chi connectivity index (χ1) is 13.1. The van der Waals surface area contributed by atoms with Gasteiger partial charge in [0.2, 0.25) is 5.75 Å². The van der Waals surface area contributed by atoms with E-state index < -0.39 is 11.8 Å². The quantitative estimate of drug-likeness (QED) is 0.571. The second-order valence-electron chi connectivity index (χ2n) is 5.66. The van der Waals surface area contributed by atoms with Gasteiger partial charge in [-0.1, -0.05) is 6.07 Å². The molecular weight excluding hydrogens is 355 g/mol. The summed E-state index contributed by atoms with van der Waals surface area (Å²) in [5, 5.41) is 0. The molecule has 0 aromatic heterocycles. The molecule has 0 atom stereocenters. The SMILES string of the molecule is COc1ccc(COC(=O)/C=C/c2cc(OC)c3c(c2)OCCO3)cc1F. The van der Waals surface area contributed by atoms with E-state index in [2.05, 4.69) is 0 Å². The Kier molecular flexibility index (Phi) is 5.80. The van der Waals surface area contributed by atoms with Crippen LogP contribution in [0.2, 0.25) is 0 Å². The van der Waals surface area contributed by atoms with Crippen molar-refractivity contribution in [3.05, 3.63) is 53.4 Å². The molecule has 0 saturated heterocycles. The lowest BCUT2D eigenvalue weighted by Gasteiger charge is -2.20. The maximum absolute atomic E-state index is 13.6. The molecule has 7 heteroatoms. The first-order valence-corrected chi connectivity index (χ1v) is 8.25. The van der Waals surface area contributed by atoms with Crippen LogP contribution >= 0.6 is 0 Å². The summed E-state index contributed by atoms with van der Waals surface area (Å²) in [5.74, 6) is 0.698. The van der Waals surface area contributed by atoms with Gasteiger partial charge < -0.3 is 23.7 Å². The summed E-state index contributed by atoms with van der Waals surface area (Å²) in [7, 11) is 2.92. The summed E-state index contributed by atoms with van der Waals surface area (Å²) < 4.78 is 40.0. The number of hydrogen-bond acceptors (Lipinski definition) is 6. The van der Waals surface area contributed by atoms with Crippen LogP contribution in [0.1, 0.15) is 11.1 Å². The highest BCUT2D eigenvalue weighted by atomic mass is 19.1. The highest BCUT2D eigenvalue weighted by molar-refractivity contribution is 5.87. The molecule has 0 bridgehead atoms. The lowest BCUT2D eigenvalue weighted by atomic mass is 10.1. The summed E-state index contributed by atoms with van der Waals surface area (Å²) in [6.07, 6.45) is 2.86. The Morgan fingerprint density at radius 2 is 1.89 bits per heavy atom. The molecule has 1 heterocycles. The van der Waals surface area contributed by atoms with Crippen molar-refractivity contribution in [3.63, 3.8) is 0 Å². The van der Waals surface area contributed by atoms with Crippen LogP contribution in [0.25, 0.3) is 6.08 Å². The molecular formula is C20H19FO6. The summed E-state index contributed by atoms with van der Waals surface area (Å²) in [5.41, 5.74) is 1.22. The van der Waals surface area contributed by atoms with Crippen molar-refractivity contribution in [1.82, 2.24) is 0 Å². The van der Waals surface area contributed by atoms with Crippen molar-refractivity contribution in [3.8, 4) is 23.0 Å². The molecule has 2 aromatic carbocycles. The third-order valence-corrected chi connectivity index (χ3v) is 3.86. The van der Waals surface area contributed by atoms with E-state index in [-0.39, 0.29) is 12.4 Å². The maximum Gasteiger partial charge on any atom is 0.331 e. The number of methoxy groups -OCH3 is 2. The van der Waals surface area contributed by atoms with Crippen LogP contribution in [0.3, 0.4) is 0 Å². The monoisotopic (exact) mass is 374 g/mol. The van der Waals surface area contributed by atoms with Gasteiger partial charge in [-0.2, -0.15) is 0 Å². The van der Waals surface area contributed by atoms with E-state index in [4.69, 9.17) is 23.7 Å². The van der Waals surface area contributed by atoms with Crippen LogP contribution in [-0.4, -0.2) is 33.4 Å². The topological polar surface area (TPSA) is 63.2 Å². The molecule has 1 aliphatic heterocycles. The van der Waals surface area contributed by atoms with Crippen LogP contribution < -0.4 is 18.9 Å². The first-order valence-electron chi connectivity index (χ1n) is 8.25. The lowest BCUT2D eigenvalue weighted by molar-refractivity contribution is -0.138. The molecule has 0 saturated carbocycles. The van der Waals surface area contributed by atoms with Gasteiger partial charge >= 0.3 is 5.97 Å². The number of rotatable bonds is 6. The zero-order chi connectivity index (χ0) is 19.2. The maximum atomic E-state index is 13.6. The number of fused-ring (bicyclic) bond motifs is 1. The number of carbonyl (C=O) groups excluding carboxylic acids is 1. The Labute approximate surface area is 156 Å². The molecule has 0 N–H and O–H groups in total. The number of hydrogen-bond donors (Lipinski definition) is 0. The Hall–Kier alpha value is -3.22. The molecule has 2 aromatic rings. The summed E-state index contributed by atoms with van der Waals surface area (Å²) >= 11 is 0. The fourth-order valence-corrected chi connectivity index (χ4v) is 2.56. The summed E-state index contributed by atoms with van der Waals surface area (Å²) in [6.45, 7) is 0.856. The molecule has 27 heavy (non-hydrogen) atoms. The van der Waals surface area contributed by atoms with Gasteiger partial charge in [-0.15, -0.1) is 0 Å². The predicted octanol–water partition coefficient (Wildman–Crippen LogP) is 3.37. The second-order valence-corrected chi connectivity index (χ2v) is 5.66. The van der Waals surface area contributed by atoms with Crippen molar-refractivity contribution >= 4 is 12.0 Å². The van der Waals surface area contributed by atoms with E-state index in [0.717, 1.165) is 0 Å². The number of benzene rings is 2. The minimum atomic E-state index is -0.555. The smallest absolute Gasteiger partial charge is 0.331 e. The van der Waals surface area contributed by atoms with E-state index >= 15 is 0 Å². The van der Waals surface area contributed by atoms with Crippen LogP contribution in [0.5, 0.6) is 23.0 Å². The van der Waals surface area contributed by atoms with Crippen LogP contribution in [0.15, 0.2) is 36.4 Å². The van der Waals surface area contributed by atoms with E-state index in [1.165, 1.54) is 32.4 Å². The molecule has 0 radical (unpaired) electrons. The number of halogens is 1. The van der Waals surface area contributed by atoms with Gasteiger partial charge in [0.15, 0.2) is 23.1 Å². The average Bonchev–Trinajstić information content (AvgIpc) is 2.70. The summed E-state index contributed by atoms with van der Waals surface area (Å²) in [6, 6.07) is 7.86. The Balaban J connectivity index is 1.64. The third kappa shape index (κ3) is 4.49. The normalized spacial score (nSPS) is 12.7. The minimum Gasteiger partial charge on any atom is -0.494 e. The molecule has 6 nitrogen and oxygen atoms in total. The lowest BCUT2D eigenvalue weighted by Crippen LogP contribution is -2.16. The number of esters is 1. The highest BCUT2D eigenvalue weighted by Gasteiger charge is 2.17. The fraction of sp³-hybridized carbons (Fsp3) is 0.250. The summed E-state index contributed by atoms with van der Waals surface area (Å²) in [4.78, 5) is 11.9. The molecule has 3 rings (SSSR count). The average molecular weight is 374 g/mol. The van der Waals surface area contributed by atoms with Crippen molar-refractivity contribution < 1.29 is 32.9 Å². The molecule has 1 aliphatic rings. The van der Waals surface area contributed by atoms with Crippen LogP contribution in [0, 0.1) is 5.82 Å². The molecule has 0 fully saturated rings. The van der Waals surface area contributed by atoms with Gasteiger partial charge in [-0.3, -0.25) is 0 Å². The van der Waals surface area contributed by atoms with Crippen molar-refractivity contribution in [1.29, 1.82) is 0 Å². The largest absolute Gasteiger partial charge is 0.494 e. The Morgan fingerprint density at radius 1 is 1.11 bits per heavy atom. The highest BCUT2D eigenvalue weighted by Crippen LogP contribution is 2.40. The molecule has 0 aliphatic carbocycles. The molecule has 0 spiro atoms. The van der Waals surface area contributed by atoms with E-state index in [0.29, 0.717) is 41.6 Å². The van der Waals surface area contributed by atoms with Crippen molar-refractivity contribution in [2.45, 2.75) is 6.61 Å². The fourth-order valence-electron chi connectivity index (χ4n) is 2.56. The molecule has 142 valence electrons. The van der Waals surface area contributed by atoms with E-state index in [1.54, 1.807) is 24.3 Å². The van der Waals surface area contributed by atoms with E-state index in [9.17, 15) is 9.18 Å². The standard InChI is InChI=1S/C20H19FO6/c1-23-16-5-3-14(9-15(16)21)12-27-19(22)6-4-13-10-17(24-2)20-18(11-13)25-7-8-26-20/h3-6,9-11H,7-8,12H2,1-2H3/b6-4+. The molecule has 0 amide bonds. The number of carbonyl (C=O) groups is 1. The van der Waals surface area contributed by atoms with Crippen molar-refractivity contribution in [2.24, 2.45) is 0 Å². The van der Waals surface area contributed by atoms with E-state index in [1.807, 2.05) is 0 Å². The van der Waals surface area contributed by atoms with Crippen molar-refractivity contribution in [2.75, 3.05) is 27.4 Å². The first kappa shape index (κ1) is 18.6. The van der Waals surface area contributed by atoms with Crippen LogP contribution in [-0.2, 0) is 16.1 Å². The Bertz CT molecular complexity index is 845. The van der Waals surface area contributed by atoms with Gasteiger partial charge in [0.1, 0.15) is 19.8 Å². The minimum absolute atomic E-state index is 0.0471. The van der Waals surface area contributed by atoms with Gasteiger partial charge in [0, 0.05) is 6.08 Å². The molecule has 0 unspecified atom stereocenters. The zero-order valence-corrected chi connectivity index (χ0v) is 15.0. The van der Waals surface area contributed by atoms with Gasteiger partial charge in [0.25, 0.3) is 0 Å². The Morgan fingerprint density at radius 3 is 2.63 bits per heavy atom. The second kappa shape index (κ2) is 8.44. The van der Waals surface area contributed by atoms with Crippen LogP contribution in [0.4, 0.5) is 4.39 Å². The number of ether oxygens (including phenoxy) is 5. The zero-order valence-electron chi connectivity index (χ0n) is 15.0. The van der Waals surface area contributed by atoms with Gasteiger partial charge in [0.05, 0.1) is 14.2 Å². The predicted molar refractivity (Wildman–Crippen MR) is 95.8 cm³/mol.